The van der Waals surface area contributed by atoms with Gasteiger partial charge in [0.1, 0.15) is 23.6 Å². The first-order valence-electron chi connectivity index (χ1n) is 10.6. The van der Waals surface area contributed by atoms with Crippen molar-refractivity contribution >= 4 is 16.8 Å². The Morgan fingerprint density at radius 2 is 1.70 bits per heavy atom. The molecule has 1 aliphatic heterocycles. The van der Waals surface area contributed by atoms with Gasteiger partial charge in [0.05, 0.1) is 22.8 Å². The second-order valence-electron chi connectivity index (χ2n) is 7.93. The summed E-state index contributed by atoms with van der Waals surface area (Å²) in [5.41, 5.74) is 6.23. The predicted molar refractivity (Wildman–Crippen MR) is 126 cm³/mol. The number of benzene rings is 3. The van der Waals surface area contributed by atoms with Crippen LogP contribution in [0, 0.1) is 11.3 Å². The first-order chi connectivity index (χ1) is 16.2. The first-order valence-corrected chi connectivity index (χ1v) is 10.6. The summed E-state index contributed by atoms with van der Waals surface area (Å²) in [6.07, 6.45) is 1.73. The van der Waals surface area contributed by atoms with Crippen LogP contribution in [0.3, 0.4) is 0 Å². The molecule has 0 amide bonds. The van der Waals surface area contributed by atoms with E-state index in [2.05, 4.69) is 30.3 Å². The molecule has 33 heavy (non-hydrogen) atoms. The number of aromatic nitrogens is 2. The number of carbonyl (C=O) groups excluding carboxylic acids is 1. The summed E-state index contributed by atoms with van der Waals surface area (Å²) in [5, 5.41) is 10.0. The van der Waals surface area contributed by atoms with E-state index in [1.54, 1.807) is 29.0 Å². The molecule has 5 aromatic rings. The molecule has 0 spiro atoms. The number of ether oxygens (including phenoxy) is 1. The molecule has 0 bridgehead atoms. The fourth-order valence-electron chi connectivity index (χ4n) is 4.29. The van der Waals surface area contributed by atoms with E-state index in [1.165, 1.54) is 0 Å². The summed E-state index contributed by atoms with van der Waals surface area (Å²) in [7, 11) is 0. The van der Waals surface area contributed by atoms with E-state index in [4.69, 9.17) is 9.72 Å². The number of nitrogens with zero attached hydrogens (tertiary/aromatic N) is 3. The van der Waals surface area contributed by atoms with E-state index in [1.807, 2.05) is 42.5 Å². The molecule has 3 heterocycles. The summed E-state index contributed by atoms with van der Waals surface area (Å²) in [6.45, 7) is 0.291. The highest BCUT2D eigenvalue weighted by atomic mass is 16.5. The Balaban J connectivity index is 1.40. The SMILES string of the molecule is N#Cc1ccc2nc3c(c(OCc4ccc(-c5ccccc5)cc4)c2c1)C(=O)n1cccc1-3. The van der Waals surface area contributed by atoms with Gasteiger partial charge in [-0.25, -0.2) is 4.98 Å². The molecule has 0 saturated heterocycles. The van der Waals surface area contributed by atoms with E-state index < -0.39 is 0 Å². The number of nitriles is 1. The minimum atomic E-state index is -0.170. The van der Waals surface area contributed by atoms with Crippen molar-refractivity contribution in [1.29, 1.82) is 5.26 Å². The summed E-state index contributed by atoms with van der Waals surface area (Å²) < 4.78 is 7.87. The van der Waals surface area contributed by atoms with Crippen LogP contribution < -0.4 is 4.74 Å². The number of carbonyl (C=O) groups is 1. The van der Waals surface area contributed by atoms with Crippen LogP contribution in [-0.2, 0) is 6.61 Å². The normalized spacial score (nSPS) is 11.8. The van der Waals surface area contributed by atoms with Gasteiger partial charge in [0.15, 0.2) is 0 Å². The smallest absolute Gasteiger partial charge is 0.268 e. The molecule has 5 nitrogen and oxygen atoms in total. The van der Waals surface area contributed by atoms with E-state index in [-0.39, 0.29) is 5.91 Å². The zero-order valence-electron chi connectivity index (χ0n) is 17.5. The van der Waals surface area contributed by atoms with Crippen molar-refractivity contribution in [3.8, 4) is 34.3 Å². The van der Waals surface area contributed by atoms with E-state index in [0.29, 0.717) is 40.1 Å². The summed E-state index contributed by atoms with van der Waals surface area (Å²) in [6, 6.07) is 29.5. The number of fused-ring (bicyclic) bond motifs is 4. The molecule has 0 fully saturated rings. The Labute approximate surface area is 190 Å². The minimum Gasteiger partial charge on any atom is -0.487 e. The first kappa shape index (κ1) is 19.0. The van der Waals surface area contributed by atoms with Crippen LogP contribution in [0.2, 0.25) is 0 Å². The zero-order chi connectivity index (χ0) is 22.4. The molecular formula is C28H17N3O2. The van der Waals surface area contributed by atoms with Gasteiger partial charge in [-0.3, -0.25) is 9.36 Å². The van der Waals surface area contributed by atoms with Gasteiger partial charge in [-0.05, 0) is 47.0 Å². The standard InChI is InChI=1S/C28H17N3O2/c29-16-19-10-13-23-22(15-19)27(25-26(30-23)24-7-4-14-31(24)28(25)32)33-17-18-8-11-21(12-9-18)20-5-2-1-3-6-20/h1-15H,17H2. The van der Waals surface area contributed by atoms with E-state index in [0.717, 1.165) is 22.4 Å². The van der Waals surface area contributed by atoms with Crippen LogP contribution >= 0.6 is 0 Å². The Kier molecular flexibility index (Phi) is 4.31. The third kappa shape index (κ3) is 3.08. The topological polar surface area (TPSA) is 67.9 Å². The summed E-state index contributed by atoms with van der Waals surface area (Å²) in [5.74, 6) is 0.295. The molecule has 6 rings (SSSR count). The van der Waals surface area contributed by atoms with Crippen molar-refractivity contribution in [2.24, 2.45) is 0 Å². The Morgan fingerprint density at radius 3 is 2.48 bits per heavy atom. The molecule has 0 unspecified atom stereocenters. The van der Waals surface area contributed by atoms with Gasteiger partial charge in [0.25, 0.3) is 5.91 Å². The van der Waals surface area contributed by atoms with Crippen molar-refractivity contribution in [3.63, 3.8) is 0 Å². The van der Waals surface area contributed by atoms with Gasteiger partial charge in [0.2, 0.25) is 0 Å². The van der Waals surface area contributed by atoms with Crippen molar-refractivity contribution in [3.05, 3.63) is 108 Å². The highest BCUT2D eigenvalue weighted by molar-refractivity contribution is 6.13. The highest BCUT2D eigenvalue weighted by Crippen LogP contribution is 2.41. The van der Waals surface area contributed by atoms with Gasteiger partial charge in [0, 0.05) is 11.6 Å². The average molecular weight is 427 g/mol. The van der Waals surface area contributed by atoms with Crippen molar-refractivity contribution in [2.75, 3.05) is 0 Å². The number of rotatable bonds is 4. The molecule has 5 heteroatoms. The second kappa shape index (κ2) is 7.47. The molecule has 0 N–H and O–H groups in total. The average Bonchev–Trinajstić information content (AvgIpc) is 3.45. The molecule has 0 aliphatic carbocycles. The van der Waals surface area contributed by atoms with Crippen LogP contribution in [-0.4, -0.2) is 15.5 Å². The number of hydrogen-bond donors (Lipinski definition) is 0. The lowest BCUT2D eigenvalue weighted by molar-refractivity contribution is 0.0965. The maximum absolute atomic E-state index is 13.2. The maximum Gasteiger partial charge on any atom is 0.268 e. The molecule has 0 atom stereocenters. The third-order valence-corrected chi connectivity index (χ3v) is 5.93. The molecular weight excluding hydrogens is 410 g/mol. The molecule has 3 aromatic carbocycles. The Hall–Kier alpha value is -4.69. The van der Waals surface area contributed by atoms with Crippen molar-refractivity contribution in [1.82, 2.24) is 9.55 Å². The zero-order valence-corrected chi connectivity index (χ0v) is 17.5. The largest absolute Gasteiger partial charge is 0.487 e. The minimum absolute atomic E-state index is 0.170. The fraction of sp³-hybridized carbons (Fsp3) is 0.0357. The Morgan fingerprint density at radius 1 is 0.909 bits per heavy atom. The van der Waals surface area contributed by atoms with Gasteiger partial charge in [-0.15, -0.1) is 0 Å². The lowest BCUT2D eigenvalue weighted by atomic mass is 10.0. The molecule has 2 aromatic heterocycles. The fourth-order valence-corrected chi connectivity index (χ4v) is 4.29. The van der Waals surface area contributed by atoms with Gasteiger partial charge in [-0.1, -0.05) is 54.6 Å². The Bertz CT molecular complexity index is 1580. The molecule has 0 saturated carbocycles. The van der Waals surface area contributed by atoms with Crippen LogP contribution in [0.4, 0.5) is 0 Å². The highest BCUT2D eigenvalue weighted by Gasteiger charge is 2.32. The second-order valence-corrected chi connectivity index (χ2v) is 7.93. The summed E-state index contributed by atoms with van der Waals surface area (Å²) >= 11 is 0. The van der Waals surface area contributed by atoms with Gasteiger partial charge in [-0.2, -0.15) is 5.26 Å². The molecule has 156 valence electrons. The molecule has 1 aliphatic rings. The van der Waals surface area contributed by atoms with Crippen LogP contribution in [0.25, 0.3) is 33.4 Å². The lowest BCUT2D eigenvalue weighted by Crippen LogP contribution is -2.08. The maximum atomic E-state index is 13.2. The van der Waals surface area contributed by atoms with Crippen LogP contribution in [0.5, 0.6) is 5.75 Å². The van der Waals surface area contributed by atoms with Crippen molar-refractivity contribution in [2.45, 2.75) is 6.61 Å². The third-order valence-electron chi connectivity index (χ3n) is 5.93. The predicted octanol–water partition coefficient (Wildman–Crippen LogP) is 5.82. The van der Waals surface area contributed by atoms with Crippen LogP contribution in [0.1, 0.15) is 21.5 Å². The number of hydrogen-bond acceptors (Lipinski definition) is 4. The van der Waals surface area contributed by atoms with E-state index in [9.17, 15) is 10.1 Å². The van der Waals surface area contributed by atoms with Gasteiger partial charge < -0.3 is 4.74 Å². The van der Waals surface area contributed by atoms with E-state index >= 15 is 0 Å². The quantitative estimate of drug-likeness (QED) is 0.355. The number of pyridine rings is 1. The van der Waals surface area contributed by atoms with Crippen molar-refractivity contribution < 1.29 is 9.53 Å². The monoisotopic (exact) mass is 427 g/mol. The van der Waals surface area contributed by atoms with Gasteiger partial charge >= 0.3 is 0 Å². The van der Waals surface area contributed by atoms with Crippen LogP contribution in [0.15, 0.2) is 91.1 Å². The summed E-state index contributed by atoms with van der Waals surface area (Å²) in [4.78, 5) is 17.9. The lowest BCUT2D eigenvalue weighted by Gasteiger charge is -2.14. The molecule has 0 radical (unpaired) electrons.